The van der Waals surface area contributed by atoms with Gasteiger partial charge in [0.2, 0.25) is 0 Å². The van der Waals surface area contributed by atoms with Gasteiger partial charge in [0.15, 0.2) is 6.10 Å². The molecular weight excluding hydrogens is 173 g/mol. The highest BCUT2D eigenvalue weighted by atomic mass is 19.4. The molecule has 0 saturated carbocycles. The summed E-state index contributed by atoms with van der Waals surface area (Å²) in [5, 5.41) is 8.63. The van der Waals surface area contributed by atoms with Crippen molar-refractivity contribution in [2.24, 2.45) is 0 Å². The Hall–Kier alpha value is -1.17. The van der Waals surface area contributed by atoms with Crippen LogP contribution in [0, 0.1) is 0 Å². The summed E-state index contributed by atoms with van der Waals surface area (Å²) in [7, 11) is 0. The second kappa shape index (κ2) is 3.06. The number of aliphatic hydroxyl groups excluding tert-OH is 1. The summed E-state index contributed by atoms with van der Waals surface area (Å²) in [5.74, 6) is 0. The van der Waals surface area contributed by atoms with Gasteiger partial charge in [-0.15, -0.1) is 0 Å². The Labute approximate surface area is 65.9 Å². The highest BCUT2D eigenvalue weighted by molar-refractivity contribution is 5.01. The van der Waals surface area contributed by atoms with E-state index in [1.807, 2.05) is 0 Å². The van der Waals surface area contributed by atoms with Gasteiger partial charge in [0.05, 0.1) is 11.9 Å². The van der Waals surface area contributed by atoms with Gasteiger partial charge < -0.3 is 5.11 Å². The van der Waals surface area contributed by atoms with Crippen LogP contribution in [0.1, 0.15) is 11.8 Å². The van der Waals surface area contributed by atoms with E-state index in [9.17, 15) is 13.2 Å². The number of hydrogen-bond acceptors (Lipinski definition) is 3. The van der Waals surface area contributed by atoms with Crippen molar-refractivity contribution >= 4 is 0 Å². The molecule has 1 aromatic heterocycles. The molecule has 0 bridgehead atoms. The van der Waals surface area contributed by atoms with Crippen molar-refractivity contribution in [2.45, 2.75) is 12.3 Å². The molecule has 0 aliphatic rings. The maximum atomic E-state index is 11.8. The average Bonchev–Trinajstić information content (AvgIpc) is 2.03. The smallest absolute Gasteiger partial charge is 0.378 e. The number of alkyl halides is 3. The van der Waals surface area contributed by atoms with E-state index in [0.717, 1.165) is 12.4 Å². The Morgan fingerprint density at radius 1 is 1.33 bits per heavy atom. The van der Waals surface area contributed by atoms with Crippen LogP contribution in [0.4, 0.5) is 13.2 Å². The Balaban J connectivity index is 2.86. The molecule has 1 N–H and O–H groups in total. The molecule has 0 aliphatic carbocycles. The second-order valence-corrected chi connectivity index (χ2v) is 2.07. The van der Waals surface area contributed by atoms with Crippen LogP contribution in [-0.4, -0.2) is 21.3 Å². The van der Waals surface area contributed by atoms with Gasteiger partial charge in [-0.1, -0.05) is 0 Å². The van der Waals surface area contributed by atoms with E-state index >= 15 is 0 Å². The molecule has 0 aromatic carbocycles. The number of hydrogen-bond donors (Lipinski definition) is 1. The van der Waals surface area contributed by atoms with Crippen molar-refractivity contribution in [3.05, 3.63) is 24.3 Å². The maximum Gasteiger partial charge on any atom is 0.420 e. The summed E-state index contributed by atoms with van der Waals surface area (Å²) < 4.78 is 35.5. The zero-order valence-electron chi connectivity index (χ0n) is 5.78. The number of halogens is 3. The van der Waals surface area contributed by atoms with E-state index < -0.39 is 18.0 Å². The zero-order chi connectivity index (χ0) is 9.19. The molecule has 6 heteroatoms. The highest BCUT2D eigenvalue weighted by Crippen LogP contribution is 2.30. The Morgan fingerprint density at radius 3 is 2.42 bits per heavy atom. The summed E-state index contributed by atoms with van der Waals surface area (Å²) in [6.45, 7) is 0. The third-order valence-corrected chi connectivity index (χ3v) is 1.17. The highest BCUT2D eigenvalue weighted by Gasteiger charge is 2.40. The predicted molar refractivity (Wildman–Crippen MR) is 33.0 cm³/mol. The van der Waals surface area contributed by atoms with Crippen molar-refractivity contribution in [3.8, 4) is 0 Å². The summed E-state index contributed by atoms with van der Waals surface area (Å²) in [4.78, 5) is 6.71. The minimum Gasteiger partial charge on any atom is -0.378 e. The third kappa shape index (κ3) is 1.91. The number of nitrogens with zero attached hydrogens (tertiary/aromatic N) is 2. The first kappa shape index (κ1) is 8.92. The van der Waals surface area contributed by atoms with Gasteiger partial charge in [0.25, 0.3) is 0 Å². The topological polar surface area (TPSA) is 46.0 Å². The molecule has 0 saturated heterocycles. The molecule has 1 atom stereocenters. The lowest BCUT2D eigenvalue weighted by molar-refractivity contribution is -0.208. The fourth-order valence-corrected chi connectivity index (χ4v) is 0.620. The Bertz CT molecular complexity index is 249. The Morgan fingerprint density at radius 2 is 2.00 bits per heavy atom. The van der Waals surface area contributed by atoms with Gasteiger partial charge >= 0.3 is 6.18 Å². The summed E-state index contributed by atoms with van der Waals surface area (Å²) in [6.07, 6.45) is -4.04. The molecule has 66 valence electrons. The van der Waals surface area contributed by atoms with Gasteiger partial charge in [0, 0.05) is 12.4 Å². The van der Waals surface area contributed by atoms with Crippen LogP contribution < -0.4 is 0 Å². The van der Waals surface area contributed by atoms with Crippen LogP contribution in [0.2, 0.25) is 0 Å². The lowest BCUT2D eigenvalue weighted by Crippen LogP contribution is -2.21. The standard InChI is InChI=1S/C6H5F3N2O/c7-6(8,9)5(12)4-3-10-1-2-11-4/h1-3,5,12H/t5-/m1/s1. The van der Waals surface area contributed by atoms with E-state index in [1.54, 1.807) is 0 Å². The van der Waals surface area contributed by atoms with Crippen molar-refractivity contribution in [1.29, 1.82) is 0 Å². The van der Waals surface area contributed by atoms with Crippen LogP contribution in [0.3, 0.4) is 0 Å². The first-order valence-corrected chi connectivity index (χ1v) is 3.02. The molecule has 0 radical (unpaired) electrons. The van der Waals surface area contributed by atoms with E-state index in [-0.39, 0.29) is 0 Å². The molecule has 0 spiro atoms. The van der Waals surface area contributed by atoms with Gasteiger partial charge in [-0.2, -0.15) is 13.2 Å². The number of aromatic nitrogens is 2. The molecule has 0 fully saturated rings. The molecule has 1 aromatic rings. The third-order valence-electron chi connectivity index (χ3n) is 1.17. The quantitative estimate of drug-likeness (QED) is 0.699. The number of aliphatic hydroxyl groups is 1. The van der Waals surface area contributed by atoms with Gasteiger partial charge in [-0.3, -0.25) is 9.97 Å². The lowest BCUT2D eigenvalue weighted by atomic mass is 10.2. The van der Waals surface area contributed by atoms with E-state index in [2.05, 4.69) is 9.97 Å². The van der Waals surface area contributed by atoms with Crippen molar-refractivity contribution < 1.29 is 18.3 Å². The maximum absolute atomic E-state index is 11.8. The van der Waals surface area contributed by atoms with Crippen LogP contribution in [0.5, 0.6) is 0 Å². The molecular formula is C6H5F3N2O. The normalized spacial score (nSPS) is 14.3. The Kier molecular flexibility index (Phi) is 2.27. The fraction of sp³-hybridized carbons (Fsp3) is 0.333. The van der Waals surface area contributed by atoms with Crippen LogP contribution in [-0.2, 0) is 0 Å². The van der Waals surface area contributed by atoms with E-state index in [4.69, 9.17) is 5.11 Å². The minimum atomic E-state index is -4.68. The monoisotopic (exact) mass is 178 g/mol. The van der Waals surface area contributed by atoms with Gasteiger partial charge in [-0.05, 0) is 0 Å². The van der Waals surface area contributed by atoms with E-state index in [1.165, 1.54) is 6.20 Å². The first-order valence-electron chi connectivity index (χ1n) is 3.02. The first-order chi connectivity index (χ1) is 5.52. The van der Waals surface area contributed by atoms with E-state index in [0.29, 0.717) is 0 Å². The molecule has 1 rings (SSSR count). The van der Waals surface area contributed by atoms with Crippen LogP contribution in [0.25, 0.3) is 0 Å². The van der Waals surface area contributed by atoms with Crippen LogP contribution in [0.15, 0.2) is 18.6 Å². The molecule has 0 aliphatic heterocycles. The zero-order valence-corrected chi connectivity index (χ0v) is 5.78. The molecule has 1 heterocycles. The fourth-order valence-electron chi connectivity index (χ4n) is 0.620. The largest absolute Gasteiger partial charge is 0.420 e. The minimum absolute atomic E-state index is 0.495. The number of rotatable bonds is 1. The summed E-state index contributed by atoms with van der Waals surface area (Å²) >= 11 is 0. The van der Waals surface area contributed by atoms with Gasteiger partial charge in [-0.25, -0.2) is 0 Å². The molecule has 3 nitrogen and oxygen atoms in total. The SMILES string of the molecule is O[C@H](c1cnccn1)C(F)(F)F. The van der Waals surface area contributed by atoms with Crippen molar-refractivity contribution in [2.75, 3.05) is 0 Å². The van der Waals surface area contributed by atoms with Gasteiger partial charge in [0.1, 0.15) is 0 Å². The summed E-state index contributed by atoms with van der Waals surface area (Å²) in [6, 6.07) is 0. The molecule has 0 amide bonds. The average molecular weight is 178 g/mol. The van der Waals surface area contributed by atoms with Crippen LogP contribution >= 0.6 is 0 Å². The van der Waals surface area contributed by atoms with Crippen molar-refractivity contribution in [3.63, 3.8) is 0 Å². The molecule has 12 heavy (non-hydrogen) atoms. The summed E-state index contributed by atoms with van der Waals surface area (Å²) in [5.41, 5.74) is -0.495. The second-order valence-electron chi connectivity index (χ2n) is 2.07. The predicted octanol–water partition coefficient (Wildman–Crippen LogP) is 1.07. The van der Waals surface area contributed by atoms with Crippen molar-refractivity contribution in [1.82, 2.24) is 9.97 Å². The lowest BCUT2D eigenvalue weighted by Gasteiger charge is -2.12. The molecule has 0 unspecified atom stereocenters.